The fourth-order valence-electron chi connectivity index (χ4n) is 9.85. The fraction of sp³-hybridized carbons (Fsp3) is 0.378. The van der Waals surface area contributed by atoms with Gasteiger partial charge in [0.1, 0.15) is 16.9 Å². The normalized spacial score (nSPS) is 20.4. The predicted molar refractivity (Wildman–Crippen MR) is 244 cm³/mol. The van der Waals surface area contributed by atoms with Crippen molar-refractivity contribution in [3.63, 3.8) is 0 Å². The number of nitrogens with zero attached hydrogens (tertiary/aromatic N) is 8. The van der Waals surface area contributed by atoms with Crippen molar-refractivity contribution < 1.29 is 32.0 Å². The Morgan fingerprint density at radius 3 is 2.37 bits per heavy atom. The van der Waals surface area contributed by atoms with E-state index in [0.29, 0.717) is 40.1 Å². The predicted octanol–water partition coefficient (Wildman–Crippen LogP) is 4.64. The van der Waals surface area contributed by atoms with E-state index in [4.69, 9.17) is 11.6 Å². The van der Waals surface area contributed by atoms with Gasteiger partial charge in [0.25, 0.3) is 11.8 Å². The highest BCUT2D eigenvalue weighted by atomic mass is 35.5. The molecule has 7 heterocycles. The van der Waals surface area contributed by atoms with E-state index in [1.807, 2.05) is 12.1 Å². The van der Waals surface area contributed by atoms with Crippen LogP contribution in [0.25, 0.3) is 10.9 Å². The smallest absolute Gasteiger partial charge is 0.262 e. The van der Waals surface area contributed by atoms with Crippen LogP contribution in [0.15, 0.2) is 73.1 Å². The molecule has 0 bridgehead atoms. The molecule has 0 saturated carbocycles. The van der Waals surface area contributed by atoms with Gasteiger partial charge in [-0.1, -0.05) is 23.7 Å². The van der Waals surface area contributed by atoms with Crippen molar-refractivity contribution >= 4 is 90.7 Å². The molecule has 5 aliphatic rings. The molecule has 0 aliphatic carbocycles. The number of carbonyl (C=O) groups is 4. The number of piperidine rings is 2. The number of anilines is 6. The van der Waals surface area contributed by atoms with Gasteiger partial charge >= 0.3 is 0 Å². The number of hydrogen-bond acceptors (Lipinski definition) is 14. The Bertz CT molecular complexity index is 2860. The van der Waals surface area contributed by atoms with E-state index in [2.05, 4.69) is 45.5 Å². The Balaban J connectivity index is 0.681. The number of rotatable bonds is 11. The molecular formula is C45H47ClFN11O6S. The lowest BCUT2D eigenvalue weighted by molar-refractivity contribution is -0.136. The van der Waals surface area contributed by atoms with Gasteiger partial charge in [-0.25, -0.2) is 21.8 Å². The van der Waals surface area contributed by atoms with Crippen LogP contribution in [0, 0.1) is 11.7 Å². The molecular weight excluding hydrogens is 877 g/mol. The minimum Gasteiger partial charge on any atom is -0.371 e. The molecule has 65 heavy (non-hydrogen) atoms. The Morgan fingerprint density at radius 1 is 0.862 bits per heavy atom. The number of aromatic nitrogens is 3. The number of nitrogens with one attached hydrogen (secondary N) is 3. The highest BCUT2D eigenvalue weighted by Gasteiger charge is 2.45. The van der Waals surface area contributed by atoms with Crippen molar-refractivity contribution in [3.05, 3.63) is 95.0 Å². The zero-order chi connectivity index (χ0) is 45.1. The van der Waals surface area contributed by atoms with Crippen LogP contribution in [0.3, 0.4) is 0 Å². The number of fused-ring (bicyclic) bond motifs is 2. The van der Waals surface area contributed by atoms with E-state index >= 15 is 4.39 Å². The molecule has 4 amide bonds. The fourth-order valence-corrected chi connectivity index (χ4v) is 10.8. The minimum atomic E-state index is -3.57. The van der Waals surface area contributed by atoms with E-state index in [9.17, 15) is 27.6 Å². The largest absolute Gasteiger partial charge is 0.371 e. The summed E-state index contributed by atoms with van der Waals surface area (Å²) in [5.41, 5.74) is 3.42. The van der Waals surface area contributed by atoms with E-state index in [1.54, 1.807) is 42.5 Å². The van der Waals surface area contributed by atoms with Gasteiger partial charge in [-0.2, -0.15) is 4.98 Å². The molecule has 4 saturated heterocycles. The highest BCUT2D eigenvalue weighted by molar-refractivity contribution is 7.89. The molecule has 0 spiro atoms. The van der Waals surface area contributed by atoms with Crippen LogP contribution in [-0.4, -0.2) is 138 Å². The second-order valence-corrected chi connectivity index (χ2v) is 19.7. The van der Waals surface area contributed by atoms with Gasteiger partial charge in [0.15, 0.2) is 5.82 Å². The number of imide groups is 2. The van der Waals surface area contributed by atoms with Crippen molar-refractivity contribution in [2.75, 3.05) is 85.6 Å². The third-order valence-corrected chi connectivity index (χ3v) is 14.5. The first-order valence-corrected chi connectivity index (χ1v) is 24.0. The van der Waals surface area contributed by atoms with Gasteiger partial charge in [0.05, 0.1) is 40.5 Å². The molecule has 20 heteroatoms. The van der Waals surface area contributed by atoms with E-state index < -0.39 is 39.7 Å². The molecule has 17 nitrogen and oxygen atoms in total. The summed E-state index contributed by atoms with van der Waals surface area (Å²) < 4.78 is 41.7. The summed E-state index contributed by atoms with van der Waals surface area (Å²) in [6.45, 7) is 8.09. The second kappa shape index (κ2) is 17.0. The monoisotopic (exact) mass is 923 g/mol. The Hall–Kier alpha value is -6.15. The van der Waals surface area contributed by atoms with Crippen LogP contribution >= 0.6 is 11.6 Å². The molecule has 5 aromatic rings. The van der Waals surface area contributed by atoms with Gasteiger partial charge in [0.2, 0.25) is 27.8 Å². The number of piperazine rings is 1. The lowest BCUT2D eigenvalue weighted by Gasteiger charge is -2.46. The van der Waals surface area contributed by atoms with Gasteiger partial charge in [0, 0.05) is 100 Å². The van der Waals surface area contributed by atoms with Crippen LogP contribution in [0.4, 0.5) is 38.9 Å². The van der Waals surface area contributed by atoms with Crippen molar-refractivity contribution in [3.8, 4) is 0 Å². The summed E-state index contributed by atoms with van der Waals surface area (Å²) in [6, 6.07) is 16.8. The topological polar surface area (TPSA) is 185 Å². The molecule has 3 N–H and O–H groups in total. The quantitative estimate of drug-likeness (QED) is 0.156. The van der Waals surface area contributed by atoms with Crippen LogP contribution in [0.5, 0.6) is 0 Å². The third kappa shape index (κ3) is 8.37. The summed E-state index contributed by atoms with van der Waals surface area (Å²) in [7, 11) is -3.57. The van der Waals surface area contributed by atoms with Crippen molar-refractivity contribution in [2.24, 2.45) is 5.92 Å². The van der Waals surface area contributed by atoms with Crippen molar-refractivity contribution in [1.29, 1.82) is 0 Å². The van der Waals surface area contributed by atoms with Crippen LogP contribution in [-0.2, 0) is 19.6 Å². The summed E-state index contributed by atoms with van der Waals surface area (Å²) in [4.78, 5) is 69.7. The Kier molecular flexibility index (Phi) is 11.2. The molecule has 4 fully saturated rings. The lowest BCUT2D eigenvalue weighted by Crippen LogP contribution is -2.57. The highest BCUT2D eigenvalue weighted by Crippen LogP contribution is 2.35. The van der Waals surface area contributed by atoms with Crippen LogP contribution in [0.1, 0.15) is 46.4 Å². The SMILES string of the molecule is CS(=O)(=O)n1ccc2cccc(Nc3nc(Nc4ccc(N5CCC(N6CCN(CC7CN(c8ccc9c(c8)C(=O)N(C8CCC(=O)NC8=O)C9=O)C7)CC6)CC5)c(F)c4)ncc3Cl)c21. The van der Waals surface area contributed by atoms with Crippen molar-refractivity contribution in [1.82, 2.24) is 34.0 Å². The van der Waals surface area contributed by atoms with E-state index in [0.717, 1.165) is 94.0 Å². The summed E-state index contributed by atoms with van der Waals surface area (Å²) in [5, 5.41) is 9.39. The maximum Gasteiger partial charge on any atom is 0.262 e. The maximum absolute atomic E-state index is 15.7. The Labute approximate surface area is 379 Å². The zero-order valence-electron chi connectivity index (χ0n) is 35.5. The first-order chi connectivity index (χ1) is 31.3. The molecule has 3 aromatic carbocycles. The second-order valence-electron chi connectivity index (χ2n) is 17.4. The summed E-state index contributed by atoms with van der Waals surface area (Å²) in [6.07, 6.45) is 6.14. The van der Waals surface area contributed by atoms with E-state index in [1.165, 1.54) is 22.4 Å². The molecule has 10 rings (SSSR count). The van der Waals surface area contributed by atoms with Crippen LogP contribution < -0.4 is 25.8 Å². The zero-order valence-corrected chi connectivity index (χ0v) is 37.1. The standard InChI is InChI=1S/C45H47ClFN11O6S/c1-65(63,64)57-16-11-28-3-2-4-36(40(28)57)50-41-34(46)23-48-45(52-41)49-29-5-8-37(35(47)21-29)55-14-12-30(13-15-55)54-19-17-53(18-20-54)24-27-25-56(26-27)31-6-7-32-33(22-31)44(62)58(43(32)61)38-9-10-39(59)51-42(38)60/h2-8,11,16,21-23,27,30,38H,9-10,12-15,17-20,24-26H2,1H3,(H,51,59,60)(H2,48,49,50,52). The number of carbonyl (C=O) groups excluding carboxylic acids is 4. The molecule has 5 aliphatic heterocycles. The first-order valence-electron chi connectivity index (χ1n) is 21.8. The molecule has 338 valence electrons. The number of benzene rings is 3. The number of amides is 4. The van der Waals surface area contributed by atoms with Crippen molar-refractivity contribution in [2.45, 2.75) is 37.8 Å². The first kappa shape index (κ1) is 42.8. The average molecular weight is 924 g/mol. The van der Waals surface area contributed by atoms with Gasteiger partial charge in [-0.05, 0) is 67.8 Å². The minimum absolute atomic E-state index is 0.0835. The van der Waals surface area contributed by atoms with Gasteiger partial charge < -0.3 is 25.3 Å². The van der Waals surface area contributed by atoms with Gasteiger partial charge in [-0.15, -0.1) is 0 Å². The van der Waals surface area contributed by atoms with E-state index in [-0.39, 0.29) is 41.0 Å². The van der Waals surface area contributed by atoms with Crippen LogP contribution in [0.2, 0.25) is 5.02 Å². The number of hydrogen-bond donors (Lipinski definition) is 3. The molecule has 0 radical (unpaired) electrons. The van der Waals surface area contributed by atoms with Gasteiger partial charge in [-0.3, -0.25) is 34.3 Å². The molecule has 1 unspecified atom stereocenters. The Morgan fingerprint density at radius 2 is 1.63 bits per heavy atom. The number of halogens is 2. The molecule has 1 atom stereocenters. The summed E-state index contributed by atoms with van der Waals surface area (Å²) in [5.74, 6) is -1.45. The summed E-state index contributed by atoms with van der Waals surface area (Å²) >= 11 is 6.45. The lowest BCUT2D eigenvalue weighted by atomic mass is 9.96. The molecule has 2 aromatic heterocycles. The average Bonchev–Trinajstić information content (AvgIpc) is 3.83. The number of para-hydroxylation sites is 1. The maximum atomic E-state index is 15.7. The third-order valence-electron chi connectivity index (χ3n) is 13.2.